The molecule has 2 aromatic heterocycles. The Hall–Kier alpha value is -3.30. The predicted octanol–water partition coefficient (Wildman–Crippen LogP) is 6.67. The number of halogens is 1. The van der Waals surface area contributed by atoms with Gasteiger partial charge in [0.25, 0.3) is 11.8 Å². The number of thiazole rings is 1. The van der Waals surface area contributed by atoms with E-state index in [9.17, 15) is 9.59 Å². The molecule has 12 heteroatoms. The van der Waals surface area contributed by atoms with Crippen molar-refractivity contribution in [2.75, 3.05) is 28.8 Å². The van der Waals surface area contributed by atoms with Crippen LogP contribution in [0.3, 0.4) is 0 Å². The van der Waals surface area contributed by atoms with Gasteiger partial charge in [-0.1, -0.05) is 37.4 Å². The highest BCUT2D eigenvalue weighted by atomic mass is 35.5. The number of amides is 2. The number of rotatable bonds is 9. The molecule has 3 rings (SSSR count). The van der Waals surface area contributed by atoms with Gasteiger partial charge in [0.2, 0.25) is 0 Å². The Bertz CT molecular complexity index is 1330. The zero-order chi connectivity index (χ0) is 28.1. The van der Waals surface area contributed by atoms with E-state index in [-0.39, 0.29) is 15.6 Å². The molecule has 0 unspecified atom stereocenters. The minimum Gasteiger partial charge on any atom is -0.415 e. The van der Waals surface area contributed by atoms with Gasteiger partial charge >= 0.3 is 0 Å². The van der Waals surface area contributed by atoms with Crippen LogP contribution < -0.4 is 15.6 Å². The summed E-state index contributed by atoms with van der Waals surface area (Å²) in [5.74, 6) is -0.689. The summed E-state index contributed by atoms with van der Waals surface area (Å²) in [5.41, 5.74) is 1.23. The molecule has 3 aromatic rings. The molecule has 0 radical (unpaired) electrons. The minimum atomic E-state index is -1.90. The third kappa shape index (κ3) is 7.38. The van der Waals surface area contributed by atoms with Crippen LogP contribution in [-0.4, -0.2) is 43.3 Å². The first kappa shape index (κ1) is 29.3. The van der Waals surface area contributed by atoms with Crippen LogP contribution >= 0.6 is 22.9 Å². The number of carbonyl (C=O) groups excluding carboxylic acids is 2. The van der Waals surface area contributed by atoms with Gasteiger partial charge in [-0.3, -0.25) is 9.59 Å². The lowest BCUT2D eigenvalue weighted by atomic mass is 10.2. The number of anilines is 3. The highest BCUT2D eigenvalue weighted by Gasteiger charge is 2.37. The zero-order valence-corrected chi connectivity index (χ0v) is 24.8. The molecule has 9 nitrogen and oxygen atoms in total. The van der Waals surface area contributed by atoms with Gasteiger partial charge in [-0.05, 0) is 61.5 Å². The fourth-order valence-electron chi connectivity index (χ4n) is 3.11. The van der Waals surface area contributed by atoms with Gasteiger partial charge in [-0.2, -0.15) is 11.5 Å². The first-order chi connectivity index (χ1) is 17.8. The molecule has 1 aromatic carbocycles. The Kier molecular flexibility index (Phi) is 9.27. The SMILES string of the molecule is [C-]#[N+]N(CCO[Si](C)(C)C(C)(C)C)c1ccc(NC(=O)c2nc(C)sc2C(=O)Nc2ccc(Cl)cn2)cc1. The van der Waals surface area contributed by atoms with Gasteiger partial charge in [0.15, 0.2) is 14.0 Å². The van der Waals surface area contributed by atoms with E-state index in [0.717, 1.165) is 11.3 Å². The molecule has 38 heavy (non-hydrogen) atoms. The van der Waals surface area contributed by atoms with Crippen molar-refractivity contribution in [3.63, 3.8) is 0 Å². The second kappa shape index (κ2) is 12.0. The number of hydrogen-bond acceptors (Lipinski definition) is 7. The summed E-state index contributed by atoms with van der Waals surface area (Å²) >= 11 is 6.96. The van der Waals surface area contributed by atoms with Crippen LogP contribution in [0.2, 0.25) is 23.2 Å². The van der Waals surface area contributed by atoms with Crippen molar-refractivity contribution in [3.05, 3.63) is 74.7 Å². The molecule has 0 saturated heterocycles. The second-order valence-corrected chi connectivity index (χ2v) is 16.5. The summed E-state index contributed by atoms with van der Waals surface area (Å²) in [4.78, 5) is 37.9. The number of pyridine rings is 1. The van der Waals surface area contributed by atoms with Crippen molar-refractivity contribution >= 4 is 60.3 Å². The third-order valence-corrected chi connectivity index (χ3v) is 12.0. The Balaban J connectivity index is 1.65. The molecule has 2 amide bonds. The average Bonchev–Trinajstić information content (AvgIpc) is 3.25. The van der Waals surface area contributed by atoms with Gasteiger partial charge in [0.1, 0.15) is 22.9 Å². The highest BCUT2D eigenvalue weighted by molar-refractivity contribution is 7.14. The van der Waals surface area contributed by atoms with Gasteiger partial charge in [0, 0.05) is 11.9 Å². The Morgan fingerprint density at radius 2 is 1.82 bits per heavy atom. The lowest BCUT2D eigenvalue weighted by Gasteiger charge is -2.36. The highest BCUT2D eigenvalue weighted by Crippen LogP contribution is 2.36. The second-order valence-electron chi connectivity index (χ2n) is 10.1. The first-order valence-corrected chi connectivity index (χ1v) is 16.0. The number of aromatic nitrogens is 2. The standard InChI is InChI=1S/C26H31ClN6O3SSi/c1-17-30-22(23(37-17)25(35)32-21-13-8-18(27)16-29-21)24(34)31-19-9-11-20(12-10-19)33(28-5)14-15-36-38(6,7)26(2,3)4/h8-13,16H,14-15H2,1-4,6-7H3,(H,31,34)(H,29,32,35). The monoisotopic (exact) mass is 570 g/mol. The molecule has 0 spiro atoms. The molecule has 0 atom stereocenters. The summed E-state index contributed by atoms with van der Waals surface area (Å²) in [6, 6.07) is 10.1. The summed E-state index contributed by atoms with van der Waals surface area (Å²) in [6.07, 6.45) is 1.42. The van der Waals surface area contributed by atoms with Crippen molar-refractivity contribution in [3.8, 4) is 0 Å². The molecular weight excluding hydrogens is 540 g/mol. The smallest absolute Gasteiger partial charge is 0.275 e. The molecular formula is C26H31ClN6O3SSi. The van der Waals surface area contributed by atoms with Gasteiger partial charge in [0.05, 0.1) is 16.6 Å². The van der Waals surface area contributed by atoms with E-state index in [2.05, 4.69) is 59.4 Å². The molecule has 2 N–H and O–H groups in total. The maximum absolute atomic E-state index is 13.0. The largest absolute Gasteiger partial charge is 0.415 e. The van der Waals surface area contributed by atoms with Gasteiger partial charge < -0.3 is 15.1 Å². The van der Waals surface area contributed by atoms with E-state index >= 15 is 0 Å². The summed E-state index contributed by atoms with van der Waals surface area (Å²) in [7, 11) is -1.90. The van der Waals surface area contributed by atoms with Crippen LogP contribution in [0.5, 0.6) is 0 Å². The number of aryl methyl sites for hydroxylation is 1. The van der Waals surface area contributed by atoms with E-state index in [0.29, 0.717) is 40.4 Å². The molecule has 0 aliphatic heterocycles. The van der Waals surface area contributed by atoms with E-state index in [4.69, 9.17) is 22.6 Å². The molecule has 0 aliphatic rings. The quantitative estimate of drug-likeness (QED) is 0.169. The van der Waals surface area contributed by atoms with E-state index < -0.39 is 20.1 Å². The lowest BCUT2D eigenvalue weighted by Crippen LogP contribution is -2.42. The fraction of sp³-hybridized carbons (Fsp3) is 0.346. The zero-order valence-electron chi connectivity index (χ0n) is 22.3. The number of nitrogens with one attached hydrogen (secondary N) is 2. The topological polar surface area (TPSA) is 101 Å². The van der Waals surface area contributed by atoms with Crippen molar-refractivity contribution in [1.82, 2.24) is 9.97 Å². The molecule has 2 heterocycles. The van der Waals surface area contributed by atoms with Crippen molar-refractivity contribution < 1.29 is 14.0 Å². The normalized spacial score (nSPS) is 11.5. The van der Waals surface area contributed by atoms with Crippen LogP contribution in [0.4, 0.5) is 17.2 Å². The molecule has 200 valence electrons. The molecule has 0 fully saturated rings. The molecule has 0 saturated carbocycles. The van der Waals surface area contributed by atoms with Crippen LogP contribution in [-0.2, 0) is 4.43 Å². The van der Waals surface area contributed by atoms with E-state index in [1.165, 1.54) is 11.2 Å². The number of benzene rings is 1. The van der Waals surface area contributed by atoms with Gasteiger partial charge in [-0.25, -0.2) is 9.97 Å². The molecule has 0 aliphatic carbocycles. The minimum absolute atomic E-state index is 0.0219. The first-order valence-electron chi connectivity index (χ1n) is 11.9. The van der Waals surface area contributed by atoms with Crippen molar-refractivity contribution in [2.24, 2.45) is 0 Å². The Morgan fingerprint density at radius 1 is 1.13 bits per heavy atom. The Labute approximate surface area is 233 Å². The van der Waals surface area contributed by atoms with Crippen LogP contribution in [0.15, 0.2) is 42.6 Å². The molecule has 0 bridgehead atoms. The van der Waals surface area contributed by atoms with Crippen LogP contribution in [0.1, 0.15) is 45.9 Å². The Morgan fingerprint density at radius 3 is 2.39 bits per heavy atom. The van der Waals surface area contributed by atoms with E-state index in [1.54, 1.807) is 43.3 Å². The third-order valence-electron chi connectivity index (χ3n) is 6.24. The fourth-order valence-corrected chi connectivity index (χ4v) is 5.06. The van der Waals surface area contributed by atoms with Crippen molar-refractivity contribution in [1.29, 1.82) is 0 Å². The maximum atomic E-state index is 13.0. The summed E-state index contributed by atoms with van der Waals surface area (Å²) in [6.45, 7) is 21.1. The summed E-state index contributed by atoms with van der Waals surface area (Å²) < 4.78 is 6.20. The van der Waals surface area contributed by atoms with Crippen LogP contribution in [0, 0.1) is 13.5 Å². The number of nitrogens with zero attached hydrogens (tertiary/aromatic N) is 4. The average molecular weight is 571 g/mol. The lowest BCUT2D eigenvalue weighted by molar-refractivity contribution is 0.0990. The van der Waals surface area contributed by atoms with Crippen LogP contribution in [0.25, 0.3) is 4.95 Å². The van der Waals surface area contributed by atoms with Crippen molar-refractivity contribution in [2.45, 2.75) is 45.8 Å². The number of carbonyl (C=O) groups is 2. The maximum Gasteiger partial charge on any atom is 0.275 e. The summed E-state index contributed by atoms with van der Waals surface area (Å²) in [5, 5.41) is 8.09. The van der Waals surface area contributed by atoms with E-state index in [1.807, 2.05) is 0 Å². The predicted molar refractivity (Wildman–Crippen MR) is 156 cm³/mol. The number of hydrogen-bond donors (Lipinski definition) is 2. The van der Waals surface area contributed by atoms with Gasteiger partial charge in [-0.15, -0.1) is 11.3 Å².